The second kappa shape index (κ2) is 5.59. The Labute approximate surface area is 118 Å². The van der Waals surface area contributed by atoms with Gasteiger partial charge in [0.1, 0.15) is 11.6 Å². The quantitative estimate of drug-likeness (QED) is 0.864. The lowest BCUT2D eigenvalue weighted by Gasteiger charge is -2.10. The van der Waals surface area contributed by atoms with Gasteiger partial charge in [-0.1, -0.05) is 27.5 Å². The molecule has 2 aromatic carbocycles. The lowest BCUT2D eigenvalue weighted by atomic mass is 10.2. The molecule has 0 heterocycles. The van der Waals surface area contributed by atoms with Crippen LogP contribution < -0.4 is 5.32 Å². The van der Waals surface area contributed by atoms with Gasteiger partial charge in [-0.15, -0.1) is 0 Å². The predicted molar refractivity (Wildman–Crippen MR) is 74.5 cm³/mol. The van der Waals surface area contributed by atoms with E-state index < -0.39 is 0 Å². The molecule has 0 fully saturated rings. The smallest absolute Gasteiger partial charge is 0.125 e. The monoisotopic (exact) mass is 329 g/mol. The predicted octanol–water partition coefficient (Wildman–Crippen LogP) is 4.56. The number of rotatable bonds is 3. The highest BCUT2D eigenvalue weighted by Gasteiger charge is 2.05. The number of benzene rings is 2. The standard InChI is InChI=1S/C13H10BrClFNO/c14-9-1-4-13(18)8(5-9)7-17-12-6-10(16)2-3-11(12)15/h1-6,17-18H,7H2. The maximum atomic E-state index is 13.1. The van der Waals surface area contributed by atoms with E-state index in [2.05, 4.69) is 21.2 Å². The van der Waals surface area contributed by atoms with Crippen LogP contribution in [0.3, 0.4) is 0 Å². The van der Waals surface area contributed by atoms with E-state index in [1.807, 2.05) is 0 Å². The van der Waals surface area contributed by atoms with E-state index in [1.165, 1.54) is 18.2 Å². The van der Waals surface area contributed by atoms with Crippen LogP contribution >= 0.6 is 27.5 Å². The first-order chi connectivity index (χ1) is 8.56. The highest BCUT2D eigenvalue weighted by atomic mass is 79.9. The molecule has 0 aliphatic heterocycles. The van der Waals surface area contributed by atoms with Gasteiger partial charge in [-0.2, -0.15) is 0 Å². The number of halogens is 3. The van der Waals surface area contributed by atoms with Crippen molar-refractivity contribution >= 4 is 33.2 Å². The summed E-state index contributed by atoms with van der Waals surface area (Å²) in [6.07, 6.45) is 0. The average molecular weight is 331 g/mol. The van der Waals surface area contributed by atoms with Gasteiger partial charge in [0, 0.05) is 16.6 Å². The van der Waals surface area contributed by atoms with Crippen LogP contribution in [-0.2, 0) is 6.54 Å². The summed E-state index contributed by atoms with van der Waals surface area (Å²) in [5, 5.41) is 13.1. The van der Waals surface area contributed by atoms with Gasteiger partial charge in [0.05, 0.1) is 10.7 Å². The summed E-state index contributed by atoms with van der Waals surface area (Å²) in [4.78, 5) is 0. The van der Waals surface area contributed by atoms with Crippen molar-refractivity contribution in [1.29, 1.82) is 0 Å². The highest BCUT2D eigenvalue weighted by Crippen LogP contribution is 2.26. The normalized spacial score (nSPS) is 10.4. The van der Waals surface area contributed by atoms with Crippen LogP contribution in [0.5, 0.6) is 5.75 Å². The molecule has 0 saturated heterocycles. The number of nitrogens with one attached hydrogen (secondary N) is 1. The Morgan fingerprint density at radius 1 is 1.22 bits per heavy atom. The zero-order valence-electron chi connectivity index (χ0n) is 9.25. The highest BCUT2D eigenvalue weighted by molar-refractivity contribution is 9.10. The molecule has 18 heavy (non-hydrogen) atoms. The van der Waals surface area contributed by atoms with Gasteiger partial charge in [-0.3, -0.25) is 0 Å². The fraction of sp³-hybridized carbons (Fsp3) is 0.0769. The summed E-state index contributed by atoms with van der Waals surface area (Å²) in [5.74, 6) is -0.182. The minimum atomic E-state index is -0.361. The maximum Gasteiger partial charge on any atom is 0.125 e. The van der Waals surface area contributed by atoms with E-state index in [-0.39, 0.29) is 11.6 Å². The molecule has 0 aliphatic rings. The number of anilines is 1. The van der Waals surface area contributed by atoms with Crippen molar-refractivity contribution in [3.8, 4) is 5.75 Å². The Bertz CT molecular complexity index is 525. The number of hydrogen-bond acceptors (Lipinski definition) is 2. The fourth-order valence-electron chi connectivity index (χ4n) is 1.52. The van der Waals surface area contributed by atoms with Gasteiger partial charge in [-0.05, 0) is 36.4 Å². The molecular weight excluding hydrogens is 321 g/mol. The Morgan fingerprint density at radius 2 is 2.00 bits per heavy atom. The summed E-state index contributed by atoms with van der Waals surface area (Å²) < 4.78 is 13.9. The first-order valence-electron chi connectivity index (χ1n) is 5.22. The van der Waals surface area contributed by atoms with Gasteiger partial charge in [0.25, 0.3) is 0 Å². The van der Waals surface area contributed by atoms with Crippen LogP contribution in [-0.4, -0.2) is 5.11 Å². The van der Waals surface area contributed by atoms with Gasteiger partial charge < -0.3 is 10.4 Å². The number of hydrogen-bond donors (Lipinski definition) is 2. The van der Waals surface area contributed by atoms with Gasteiger partial charge in [0.2, 0.25) is 0 Å². The molecule has 0 radical (unpaired) electrons. The van der Waals surface area contributed by atoms with Crippen LogP contribution in [0.1, 0.15) is 5.56 Å². The summed E-state index contributed by atoms with van der Waals surface area (Å²) in [7, 11) is 0. The van der Waals surface area contributed by atoms with Crippen LogP contribution in [0.25, 0.3) is 0 Å². The zero-order valence-corrected chi connectivity index (χ0v) is 11.6. The molecule has 0 saturated carbocycles. The topological polar surface area (TPSA) is 32.3 Å². The first kappa shape index (κ1) is 13.2. The molecule has 0 amide bonds. The Morgan fingerprint density at radius 3 is 2.78 bits per heavy atom. The van der Waals surface area contributed by atoms with E-state index in [0.717, 1.165) is 4.47 Å². The van der Waals surface area contributed by atoms with Gasteiger partial charge >= 0.3 is 0 Å². The molecule has 0 unspecified atom stereocenters. The van der Waals surface area contributed by atoms with Crippen molar-refractivity contribution in [3.63, 3.8) is 0 Å². The molecule has 5 heteroatoms. The van der Waals surface area contributed by atoms with E-state index in [4.69, 9.17) is 11.6 Å². The second-order valence-electron chi connectivity index (χ2n) is 3.75. The number of aromatic hydroxyl groups is 1. The maximum absolute atomic E-state index is 13.1. The lowest BCUT2D eigenvalue weighted by molar-refractivity contribution is 0.469. The molecular formula is C13H10BrClFNO. The fourth-order valence-corrected chi connectivity index (χ4v) is 2.11. The van der Waals surface area contributed by atoms with E-state index >= 15 is 0 Å². The lowest BCUT2D eigenvalue weighted by Crippen LogP contribution is -2.00. The van der Waals surface area contributed by atoms with E-state index in [0.29, 0.717) is 22.8 Å². The third kappa shape index (κ3) is 3.15. The van der Waals surface area contributed by atoms with Crippen LogP contribution in [0.4, 0.5) is 10.1 Å². The van der Waals surface area contributed by atoms with Gasteiger partial charge in [-0.25, -0.2) is 4.39 Å². The van der Waals surface area contributed by atoms with Crippen molar-refractivity contribution < 1.29 is 9.50 Å². The van der Waals surface area contributed by atoms with Crippen LogP contribution in [0.2, 0.25) is 5.02 Å². The van der Waals surface area contributed by atoms with Crippen molar-refractivity contribution in [2.75, 3.05) is 5.32 Å². The minimum absolute atomic E-state index is 0.179. The molecule has 0 spiro atoms. The summed E-state index contributed by atoms with van der Waals surface area (Å²) in [5.41, 5.74) is 1.20. The number of phenolic OH excluding ortho intramolecular Hbond substituents is 1. The average Bonchev–Trinajstić information content (AvgIpc) is 2.34. The van der Waals surface area contributed by atoms with Crippen LogP contribution in [0.15, 0.2) is 40.9 Å². The molecule has 0 aliphatic carbocycles. The largest absolute Gasteiger partial charge is 0.508 e. The Hall–Kier alpha value is -1.26. The summed E-state index contributed by atoms with van der Waals surface area (Å²) in [6, 6.07) is 9.22. The Kier molecular flexibility index (Phi) is 4.09. The number of phenols is 1. The SMILES string of the molecule is Oc1ccc(Br)cc1CNc1cc(F)ccc1Cl. The zero-order chi connectivity index (χ0) is 13.1. The summed E-state index contributed by atoms with van der Waals surface area (Å²) >= 11 is 9.26. The molecule has 2 nitrogen and oxygen atoms in total. The Balaban J connectivity index is 2.16. The molecule has 0 atom stereocenters. The van der Waals surface area contributed by atoms with Gasteiger partial charge in [0.15, 0.2) is 0 Å². The van der Waals surface area contributed by atoms with Crippen LogP contribution in [0, 0.1) is 5.82 Å². The third-order valence-electron chi connectivity index (χ3n) is 2.44. The van der Waals surface area contributed by atoms with Crippen molar-refractivity contribution in [2.24, 2.45) is 0 Å². The summed E-state index contributed by atoms with van der Waals surface area (Å²) in [6.45, 7) is 0.356. The van der Waals surface area contributed by atoms with E-state index in [1.54, 1.807) is 18.2 Å². The molecule has 0 aromatic heterocycles. The first-order valence-corrected chi connectivity index (χ1v) is 6.39. The minimum Gasteiger partial charge on any atom is -0.508 e. The molecule has 0 bridgehead atoms. The van der Waals surface area contributed by atoms with E-state index in [9.17, 15) is 9.50 Å². The third-order valence-corrected chi connectivity index (χ3v) is 3.26. The molecule has 2 rings (SSSR count). The van der Waals surface area contributed by atoms with Crippen molar-refractivity contribution in [2.45, 2.75) is 6.54 Å². The van der Waals surface area contributed by atoms with Crippen molar-refractivity contribution in [3.05, 3.63) is 57.3 Å². The molecule has 2 N–H and O–H groups in total. The van der Waals surface area contributed by atoms with Crippen molar-refractivity contribution in [1.82, 2.24) is 0 Å². The molecule has 2 aromatic rings. The second-order valence-corrected chi connectivity index (χ2v) is 5.07. The molecule has 94 valence electrons.